The highest BCUT2D eigenvalue weighted by Gasteiger charge is 2.16. The van der Waals surface area contributed by atoms with Crippen LogP contribution in [0.5, 0.6) is 0 Å². The molecule has 0 saturated heterocycles. The Bertz CT molecular complexity index is 182. The molecule has 0 heterocycles. The van der Waals surface area contributed by atoms with Crippen molar-refractivity contribution in [3.05, 3.63) is 0 Å². The monoisotopic (exact) mass is 214 g/mol. The van der Waals surface area contributed by atoms with Crippen LogP contribution in [-0.4, -0.2) is 25.0 Å². The molecule has 90 valence electrons. The number of likely N-dealkylation sites (N-methyl/N-ethyl adjacent to an activating group) is 1. The topological polar surface area (TPSA) is 41.1 Å². The number of nitrogens with one attached hydrogen (secondary N) is 2. The highest BCUT2D eigenvalue weighted by atomic mass is 16.2. The summed E-state index contributed by atoms with van der Waals surface area (Å²) in [7, 11) is 1.68. The van der Waals surface area contributed by atoms with Gasteiger partial charge in [0.25, 0.3) is 0 Å². The molecule has 0 aromatic carbocycles. The molecule has 0 radical (unpaired) electrons. The fraction of sp³-hybridized carbons (Fsp3) is 0.917. The number of rotatable bonds is 7. The summed E-state index contributed by atoms with van der Waals surface area (Å²) in [4.78, 5) is 11.3. The van der Waals surface area contributed by atoms with Gasteiger partial charge in [-0.15, -0.1) is 0 Å². The summed E-state index contributed by atoms with van der Waals surface area (Å²) in [6.07, 6.45) is 3.42. The predicted octanol–water partition coefficient (Wildman–Crippen LogP) is 1.93. The molecule has 2 N–H and O–H groups in total. The Morgan fingerprint density at radius 1 is 1.20 bits per heavy atom. The van der Waals surface area contributed by atoms with Gasteiger partial charge >= 0.3 is 0 Å². The maximum Gasteiger partial charge on any atom is 0.236 e. The molecule has 0 rings (SSSR count). The van der Waals surface area contributed by atoms with Crippen molar-refractivity contribution in [2.75, 3.05) is 7.05 Å². The second kappa shape index (κ2) is 7.69. The second-order valence-electron chi connectivity index (χ2n) is 4.36. The molecule has 0 fully saturated rings. The molecule has 0 aliphatic heterocycles. The first-order valence-electron chi connectivity index (χ1n) is 6.02. The third kappa shape index (κ3) is 5.78. The van der Waals surface area contributed by atoms with Gasteiger partial charge in [0, 0.05) is 13.1 Å². The van der Waals surface area contributed by atoms with Crippen LogP contribution in [0.4, 0.5) is 0 Å². The lowest BCUT2D eigenvalue weighted by Gasteiger charge is -2.23. The Morgan fingerprint density at radius 2 is 1.80 bits per heavy atom. The van der Waals surface area contributed by atoms with E-state index in [-0.39, 0.29) is 11.9 Å². The molecule has 0 bridgehead atoms. The zero-order valence-electron chi connectivity index (χ0n) is 10.8. The van der Waals surface area contributed by atoms with Crippen LogP contribution in [0.3, 0.4) is 0 Å². The highest BCUT2D eigenvalue weighted by molar-refractivity contribution is 5.80. The van der Waals surface area contributed by atoms with Crippen molar-refractivity contribution in [3.8, 4) is 0 Å². The van der Waals surface area contributed by atoms with E-state index in [0.29, 0.717) is 6.04 Å². The van der Waals surface area contributed by atoms with Crippen LogP contribution >= 0.6 is 0 Å². The minimum atomic E-state index is -0.0935. The van der Waals surface area contributed by atoms with Crippen LogP contribution < -0.4 is 10.6 Å². The first-order valence-corrected chi connectivity index (χ1v) is 6.02. The summed E-state index contributed by atoms with van der Waals surface area (Å²) < 4.78 is 0. The number of hydrogen-bond donors (Lipinski definition) is 2. The molecule has 3 atom stereocenters. The van der Waals surface area contributed by atoms with Crippen molar-refractivity contribution in [1.29, 1.82) is 0 Å². The second-order valence-corrected chi connectivity index (χ2v) is 4.36. The molecule has 3 heteroatoms. The van der Waals surface area contributed by atoms with Crippen molar-refractivity contribution in [2.45, 2.75) is 59.0 Å². The molecule has 3 nitrogen and oxygen atoms in total. The Hall–Kier alpha value is -0.570. The quantitative estimate of drug-likeness (QED) is 0.680. The van der Waals surface area contributed by atoms with Gasteiger partial charge in [-0.25, -0.2) is 0 Å². The van der Waals surface area contributed by atoms with E-state index in [1.54, 1.807) is 7.05 Å². The van der Waals surface area contributed by atoms with Crippen molar-refractivity contribution in [3.63, 3.8) is 0 Å². The van der Waals surface area contributed by atoms with Crippen molar-refractivity contribution >= 4 is 5.91 Å². The van der Waals surface area contributed by atoms with Gasteiger partial charge in [0.2, 0.25) is 5.91 Å². The summed E-state index contributed by atoms with van der Waals surface area (Å²) >= 11 is 0. The van der Waals surface area contributed by atoms with Gasteiger partial charge in [-0.2, -0.15) is 0 Å². The average molecular weight is 214 g/mol. The highest BCUT2D eigenvalue weighted by Crippen LogP contribution is 2.12. The maximum atomic E-state index is 11.3. The fourth-order valence-electron chi connectivity index (χ4n) is 1.65. The van der Waals surface area contributed by atoms with E-state index < -0.39 is 0 Å². The van der Waals surface area contributed by atoms with Gasteiger partial charge in [0.05, 0.1) is 6.04 Å². The molecule has 0 spiro atoms. The van der Waals surface area contributed by atoms with Crippen LogP contribution in [0.25, 0.3) is 0 Å². The van der Waals surface area contributed by atoms with Gasteiger partial charge in [-0.3, -0.25) is 4.79 Å². The average Bonchev–Trinajstić information content (AvgIpc) is 2.26. The molecule has 0 aliphatic carbocycles. The van der Waals surface area contributed by atoms with E-state index in [4.69, 9.17) is 0 Å². The molecule has 0 aliphatic rings. The lowest BCUT2D eigenvalue weighted by atomic mass is 9.97. The normalized spacial score (nSPS) is 16.9. The molecular formula is C12H26N2O. The van der Waals surface area contributed by atoms with Gasteiger partial charge < -0.3 is 10.6 Å². The largest absolute Gasteiger partial charge is 0.358 e. The first kappa shape index (κ1) is 14.4. The lowest BCUT2D eigenvalue weighted by molar-refractivity contribution is -0.122. The number of hydrogen-bond acceptors (Lipinski definition) is 2. The van der Waals surface area contributed by atoms with Crippen molar-refractivity contribution in [2.24, 2.45) is 5.92 Å². The summed E-state index contributed by atoms with van der Waals surface area (Å²) in [6, 6.07) is 0.358. The summed E-state index contributed by atoms with van der Waals surface area (Å²) in [5.41, 5.74) is 0. The molecule has 0 saturated carbocycles. The van der Waals surface area contributed by atoms with Crippen molar-refractivity contribution < 1.29 is 4.79 Å². The Kier molecular flexibility index (Phi) is 7.39. The molecule has 1 amide bonds. The van der Waals surface area contributed by atoms with Gasteiger partial charge in [-0.05, 0) is 25.7 Å². The summed E-state index contributed by atoms with van der Waals surface area (Å²) in [5, 5.41) is 6.03. The van der Waals surface area contributed by atoms with E-state index in [1.807, 2.05) is 6.92 Å². The Morgan fingerprint density at radius 3 is 2.20 bits per heavy atom. The smallest absolute Gasteiger partial charge is 0.236 e. The predicted molar refractivity (Wildman–Crippen MR) is 64.8 cm³/mol. The molecule has 15 heavy (non-hydrogen) atoms. The van der Waals surface area contributed by atoms with Crippen LogP contribution in [0.15, 0.2) is 0 Å². The minimum absolute atomic E-state index is 0.0672. The van der Waals surface area contributed by atoms with Crippen LogP contribution in [0.1, 0.15) is 47.0 Å². The third-order valence-electron chi connectivity index (χ3n) is 3.00. The Balaban J connectivity index is 4.03. The minimum Gasteiger partial charge on any atom is -0.358 e. The van der Waals surface area contributed by atoms with Gasteiger partial charge in [0.15, 0.2) is 0 Å². The van der Waals surface area contributed by atoms with E-state index in [9.17, 15) is 4.79 Å². The third-order valence-corrected chi connectivity index (χ3v) is 3.00. The SMILES string of the molecule is CCC(C)CC(CC)N[C@H](C)C(=O)NC. The summed E-state index contributed by atoms with van der Waals surface area (Å²) in [6.45, 7) is 8.54. The number of carbonyl (C=O) groups is 1. The molecule has 0 aromatic rings. The van der Waals surface area contributed by atoms with E-state index in [2.05, 4.69) is 31.4 Å². The van der Waals surface area contributed by atoms with Crippen molar-refractivity contribution in [1.82, 2.24) is 10.6 Å². The lowest BCUT2D eigenvalue weighted by Crippen LogP contribution is -2.45. The summed E-state index contributed by atoms with van der Waals surface area (Å²) in [5.74, 6) is 0.789. The van der Waals surface area contributed by atoms with Crippen LogP contribution in [0.2, 0.25) is 0 Å². The van der Waals surface area contributed by atoms with Gasteiger partial charge in [-0.1, -0.05) is 27.2 Å². The van der Waals surface area contributed by atoms with Crippen LogP contribution in [-0.2, 0) is 4.79 Å². The zero-order chi connectivity index (χ0) is 11.8. The molecular weight excluding hydrogens is 188 g/mol. The number of amides is 1. The fourth-order valence-corrected chi connectivity index (χ4v) is 1.65. The number of carbonyl (C=O) groups excluding carboxylic acids is 1. The maximum absolute atomic E-state index is 11.3. The molecule has 0 aromatic heterocycles. The molecule has 2 unspecified atom stereocenters. The van der Waals surface area contributed by atoms with E-state index in [1.165, 1.54) is 6.42 Å². The first-order chi connectivity index (χ1) is 7.04. The van der Waals surface area contributed by atoms with Crippen LogP contribution in [0, 0.1) is 5.92 Å². The van der Waals surface area contributed by atoms with E-state index >= 15 is 0 Å². The Labute approximate surface area is 94.0 Å². The standard InChI is InChI=1S/C12H26N2O/c1-6-9(3)8-11(7-2)14-10(4)12(15)13-5/h9-11,14H,6-8H2,1-5H3,(H,13,15)/t9?,10-,11?/m1/s1. The van der Waals surface area contributed by atoms with Gasteiger partial charge in [0.1, 0.15) is 0 Å². The van der Waals surface area contributed by atoms with E-state index in [0.717, 1.165) is 18.8 Å². The zero-order valence-corrected chi connectivity index (χ0v) is 10.8.